The molecule has 1 rings (SSSR count). The van der Waals surface area contributed by atoms with Crippen molar-refractivity contribution in [2.45, 2.75) is 13.8 Å². The summed E-state index contributed by atoms with van der Waals surface area (Å²) in [6, 6.07) is 3.12. The highest BCUT2D eigenvalue weighted by Gasteiger charge is 2.22. The Labute approximate surface area is 107 Å². The molecular formula is C11H14BrNO4. The van der Waals surface area contributed by atoms with Crippen LogP contribution in [0, 0.1) is 11.8 Å². The van der Waals surface area contributed by atoms with Gasteiger partial charge in [0.25, 0.3) is 5.91 Å². The SMILES string of the molecule is CC(C)C(CNC(=O)c1ccc(Br)o1)C(=O)O. The molecule has 0 spiro atoms. The molecule has 0 saturated carbocycles. The Morgan fingerprint density at radius 3 is 2.53 bits per heavy atom. The van der Waals surface area contributed by atoms with Crippen LogP contribution in [0.1, 0.15) is 24.4 Å². The van der Waals surface area contributed by atoms with Gasteiger partial charge in [-0.1, -0.05) is 13.8 Å². The molecule has 1 amide bonds. The highest BCUT2D eigenvalue weighted by Crippen LogP contribution is 2.14. The first kappa shape index (κ1) is 13.8. The number of furan rings is 1. The van der Waals surface area contributed by atoms with Gasteiger partial charge in [-0.2, -0.15) is 0 Å². The van der Waals surface area contributed by atoms with Crippen molar-refractivity contribution in [2.75, 3.05) is 6.54 Å². The molecular weight excluding hydrogens is 290 g/mol. The second-order valence-corrected chi connectivity index (χ2v) is 4.78. The number of nitrogens with one attached hydrogen (secondary N) is 1. The summed E-state index contributed by atoms with van der Waals surface area (Å²) >= 11 is 3.09. The number of carboxylic acid groups (broad SMARTS) is 1. The maximum Gasteiger partial charge on any atom is 0.308 e. The summed E-state index contributed by atoms with van der Waals surface area (Å²) in [4.78, 5) is 22.5. The predicted molar refractivity (Wildman–Crippen MR) is 64.7 cm³/mol. The average Bonchev–Trinajstić information content (AvgIpc) is 2.63. The Morgan fingerprint density at radius 1 is 1.47 bits per heavy atom. The van der Waals surface area contributed by atoms with Crippen LogP contribution in [0.3, 0.4) is 0 Å². The molecule has 0 aliphatic heterocycles. The van der Waals surface area contributed by atoms with Gasteiger partial charge in [-0.15, -0.1) is 0 Å². The lowest BCUT2D eigenvalue weighted by atomic mass is 9.96. The van der Waals surface area contributed by atoms with Crippen molar-refractivity contribution >= 4 is 27.8 Å². The summed E-state index contributed by atoms with van der Waals surface area (Å²) in [5, 5.41) is 11.5. The van der Waals surface area contributed by atoms with E-state index in [-0.39, 0.29) is 18.2 Å². The van der Waals surface area contributed by atoms with Gasteiger partial charge in [-0.05, 0) is 34.0 Å². The van der Waals surface area contributed by atoms with Gasteiger partial charge in [0.15, 0.2) is 10.4 Å². The molecule has 6 heteroatoms. The third-order valence-corrected chi connectivity index (χ3v) is 2.83. The number of amides is 1. The van der Waals surface area contributed by atoms with Gasteiger partial charge in [0, 0.05) is 6.54 Å². The van der Waals surface area contributed by atoms with Gasteiger partial charge >= 0.3 is 5.97 Å². The molecule has 1 aromatic rings. The number of carbonyl (C=O) groups excluding carboxylic acids is 1. The number of carbonyl (C=O) groups is 2. The van der Waals surface area contributed by atoms with E-state index in [1.807, 2.05) is 0 Å². The van der Waals surface area contributed by atoms with Crippen LogP contribution in [0.2, 0.25) is 0 Å². The number of hydrogen-bond donors (Lipinski definition) is 2. The van der Waals surface area contributed by atoms with Crippen molar-refractivity contribution in [3.8, 4) is 0 Å². The van der Waals surface area contributed by atoms with Crippen LogP contribution in [0.15, 0.2) is 21.2 Å². The van der Waals surface area contributed by atoms with Gasteiger partial charge in [0.1, 0.15) is 0 Å². The van der Waals surface area contributed by atoms with E-state index in [1.54, 1.807) is 19.9 Å². The third-order valence-electron chi connectivity index (χ3n) is 2.40. The predicted octanol–water partition coefficient (Wildman–Crippen LogP) is 2.13. The van der Waals surface area contributed by atoms with Crippen LogP contribution in [0.4, 0.5) is 0 Å². The minimum absolute atomic E-state index is 0.0452. The second-order valence-electron chi connectivity index (χ2n) is 4.00. The van der Waals surface area contributed by atoms with Gasteiger partial charge in [0.05, 0.1) is 5.92 Å². The van der Waals surface area contributed by atoms with E-state index in [9.17, 15) is 9.59 Å². The van der Waals surface area contributed by atoms with Gasteiger partial charge in [-0.25, -0.2) is 0 Å². The second kappa shape index (κ2) is 5.86. The molecule has 0 aromatic carbocycles. The number of aliphatic carboxylic acids is 1. The monoisotopic (exact) mass is 303 g/mol. The topological polar surface area (TPSA) is 79.5 Å². The van der Waals surface area contributed by atoms with Gasteiger partial charge in [-0.3, -0.25) is 9.59 Å². The quantitative estimate of drug-likeness (QED) is 0.873. The molecule has 0 aliphatic carbocycles. The molecule has 0 bridgehead atoms. The highest BCUT2D eigenvalue weighted by molar-refractivity contribution is 9.10. The van der Waals surface area contributed by atoms with Crippen LogP contribution in [0.5, 0.6) is 0 Å². The maximum atomic E-state index is 11.6. The number of carboxylic acids is 1. The Kier molecular flexibility index (Phi) is 4.74. The van der Waals surface area contributed by atoms with E-state index in [2.05, 4.69) is 21.2 Å². The molecule has 0 aliphatic rings. The average molecular weight is 304 g/mol. The van der Waals surface area contributed by atoms with Crippen molar-refractivity contribution in [2.24, 2.45) is 11.8 Å². The van der Waals surface area contributed by atoms with Crippen molar-refractivity contribution in [3.63, 3.8) is 0 Å². The lowest BCUT2D eigenvalue weighted by molar-refractivity contribution is -0.142. The molecule has 1 atom stereocenters. The Morgan fingerprint density at radius 2 is 2.12 bits per heavy atom. The maximum absolute atomic E-state index is 11.6. The van der Waals surface area contributed by atoms with Crippen molar-refractivity contribution < 1.29 is 19.1 Å². The van der Waals surface area contributed by atoms with E-state index in [4.69, 9.17) is 9.52 Å². The first-order valence-corrected chi connectivity index (χ1v) is 5.97. The zero-order chi connectivity index (χ0) is 13.0. The molecule has 0 fully saturated rings. The van der Waals surface area contributed by atoms with Gasteiger partial charge in [0.2, 0.25) is 0 Å². The van der Waals surface area contributed by atoms with Crippen LogP contribution >= 0.6 is 15.9 Å². The Bertz CT molecular complexity index is 413. The fourth-order valence-corrected chi connectivity index (χ4v) is 1.64. The van der Waals surface area contributed by atoms with Crippen LogP contribution in [0.25, 0.3) is 0 Å². The first-order valence-electron chi connectivity index (χ1n) is 5.18. The highest BCUT2D eigenvalue weighted by atomic mass is 79.9. The summed E-state index contributed by atoms with van der Waals surface area (Å²) in [5.41, 5.74) is 0. The van der Waals surface area contributed by atoms with E-state index in [1.165, 1.54) is 6.07 Å². The first-order chi connectivity index (χ1) is 7.91. The minimum Gasteiger partial charge on any atom is -0.481 e. The van der Waals surface area contributed by atoms with Gasteiger partial charge < -0.3 is 14.8 Å². The summed E-state index contributed by atoms with van der Waals surface area (Å²) in [6.45, 7) is 3.69. The minimum atomic E-state index is -0.916. The molecule has 0 radical (unpaired) electrons. The van der Waals surface area contributed by atoms with Crippen molar-refractivity contribution in [3.05, 3.63) is 22.6 Å². The van der Waals surface area contributed by atoms with Crippen LogP contribution in [-0.2, 0) is 4.79 Å². The molecule has 17 heavy (non-hydrogen) atoms. The Hall–Kier alpha value is -1.30. The fraction of sp³-hybridized carbons (Fsp3) is 0.455. The normalized spacial score (nSPS) is 12.5. The molecule has 1 unspecified atom stereocenters. The number of hydrogen-bond acceptors (Lipinski definition) is 3. The molecule has 1 heterocycles. The third kappa shape index (κ3) is 3.89. The van der Waals surface area contributed by atoms with E-state index < -0.39 is 17.8 Å². The van der Waals surface area contributed by atoms with E-state index in [0.29, 0.717) is 4.67 Å². The summed E-state index contributed by atoms with van der Waals surface area (Å²) < 4.78 is 5.52. The summed E-state index contributed by atoms with van der Waals surface area (Å²) in [5.74, 6) is -1.82. The zero-order valence-electron chi connectivity index (χ0n) is 9.57. The van der Waals surface area contributed by atoms with Crippen LogP contribution < -0.4 is 5.32 Å². The summed E-state index contributed by atoms with van der Waals surface area (Å²) in [7, 11) is 0. The standard InChI is InChI=1S/C11H14BrNO4/c1-6(2)7(11(15)16)5-13-10(14)8-3-4-9(12)17-8/h3-4,6-7H,5H2,1-2H3,(H,13,14)(H,15,16). The van der Waals surface area contributed by atoms with Crippen LogP contribution in [-0.4, -0.2) is 23.5 Å². The molecule has 0 saturated heterocycles. The van der Waals surface area contributed by atoms with E-state index >= 15 is 0 Å². The largest absolute Gasteiger partial charge is 0.481 e. The molecule has 94 valence electrons. The van der Waals surface area contributed by atoms with Crippen molar-refractivity contribution in [1.82, 2.24) is 5.32 Å². The lowest BCUT2D eigenvalue weighted by Gasteiger charge is -2.16. The Balaban J connectivity index is 2.55. The summed E-state index contributed by atoms with van der Waals surface area (Å²) in [6.07, 6.45) is 0. The number of halogens is 1. The zero-order valence-corrected chi connectivity index (χ0v) is 11.2. The molecule has 2 N–H and O–H groups in total. The lowest BCUT2D eigenvalue weighted by Crippen LogP contribution is -2.35. The molecule has 1 aromatic heterocycles. The van der Waals surface area contributed by atoms with E-state index in [0.717, 1.165) is 0 Å². The smallest absolute Gasteiger partial charge is 0.308 e. The van der Waals surface area contributed by atoms with Crippen molar-refractivity contribution in [1.29, 1.82) is 0 Å². The molecule has 5 nitrogen and oxygen atoms in total. The number of rotatable bonds is 5. The fourth-order valence-electron chi connectivity index (χ4n) is 1.33.